The van der Waals surface area contributed by atoms with E-state index in [-0.39, 0.29) is 24.6 Å². The second-order valence-corrected chi connectivity index (χ2v) is 8.64. The van der Waals surface area contributed by atoms with Gasteiger partial charge in [-0.1, -0.05) is 37.3 Å². The first kappa shape index (κ1) is 26.8. The minimum atomic E-state index is -4.94. The van der Waals surface area contributed by atoms with Gasteiger partial charge in [-0.05, 0) is 48.6 Å². The third-order valence-electron chi connectivity index (χ3n) is 6.27. The Kier molecular flexibility index (Phi) is 8.00. The van der Waals surface area contributed by atoms with Gasteiger partial charge in [-0.3, -0.25) is 4.90 Å². The first-order chi connectivity index (χ1) is 16.3. The van der Waals surface area contributed by atoms with Crippen LogP contribution >= 0.6 is 0 Å². The van der Waals surface area contributed by atoms with E-state index < -0.39 is 53.8 Å². The normalized spacial score (nSPS) is 22.2. The third kappa shape index (κ3) is 6.46. The number of hydrogen-bond acceptors (Lipinski definition) is 3. The van der Waals surface area contributed by atoms with Crippen LogP contribution in [-0.4, -0.2) is 39.3 Å². The minimum absolute atomic E-state index is 0.0776. The molecule has 0 saturated carbocycles. The molecule has 11 heteroatoms. The average Bonchev–Trinajstić information content (AvgIpc) is 2.80. The molecular formula is C24H26F6N2O3. The van der Waals surface area contributed by atoms with Crippen LogP contribution in [0.3, 0.4) is 0 Å². The van der Waals surface area contributed by atoms with Crippen molar-refractivity contribution in [1.29, 1.82) is 0 Å². The number of halogens is 6. The molecule has 1 saturated heterocycles. The molecule has 3 N–H and O–H groups in total. The Labute approximate surface area is 198 Å². The summed E-state index contributed by atoms with van der Waals surface area (Å²) in [6.45, 7) is 1.49. The number of carboxylic acid groups (broad SMARTS) is 1. The van der Waals surface area contributed by atoms with Gasteiger partial charge in [-0.15, -0.1) is 0 Å². The lowest BCUT2D eigenvalue weighted by Gasteiger charge is -2.45. The number of nitrogens with zero attached hydrogens (tertiary/aromatic N) is 1. The molecule has 0 spiro atoms. The van der Waals surface area contributed by atoms with Crippen molar-refractivity contribution >= 4 is 6.09 Å². The Morgan fingerprint density at radius 3 is 2.09 bits per heavy atom. The summed E-state index contributed by atoms with van der Waals surface area (Å²) in [7, 11) is 0. The standard InChI is InChI=1S/C24H26F6N2O3/c1-2-19-11-18(12-20(32(19)22(34)35)21(33)15-6-4-3-5-7-15)31-13-14-8-16(23(25,26)27)10-17(9-14)24(28,29)30/h3-10,18-21,31,33H,2,11-13H2,1H3,(H,34,35)/t18?,19?,20?,21-/m1/s1. The van der Waals surface area contributed by atoms with Crippen LogP contribution in [0.25, 0.3) is 0 Å². The molecule has 1 heterocycles. The fraction of sp³-hybridized carbons (Fsp3) is 0.458. The summed E-state index contributed by atoms with van der Waals surface area (Å²) in [5.41, 5.74) is -2.48. The Bertz CT molecular complexity index is 980. The predicted molar refractivity (Wildman–Crippen MR) is 115 cm³/mol. The van der Waals surface area contributed by atoms with Crippen LogP contribution in [0, 0.1) is 0 Å². The van der Waals surface area contributed by atoms with Crippen LogP contribution in [0.15, 0.2) is 48.5 Å². The molecule has 1 fully saturated rings. The first-order valence-corrected chi connectivity index (χ1v) is 11.1. The highest BCUT2D eigenvalue weighted by atomic mass is 19.4. The molecule has 0 bridgehead atoms. The molecule has 0 aromatic heterocycles. The van der Waals surface area contributed by atoms with Crippen LogP contribution in [0.4, 0.5) is 31.1 Å². The van der Waals surface area contributed by atoms with E-state index in [1.807, 2.05) is 0 Å². The third-order valence-corrected chi connectivity index (χ3v) is 6.27. The van der Waals surface area contributed by atoms with E-state index in [1.54, 1.807) is 37.3 Å². The zero-order valence-electron chi connectivity index (χ0n) is 18.8. The predicted octanol–water partition coefficient (Wildman–Crippen LogP) is 5.84. The summed E-state index contributed by atoms with van der Waals surface area (Å²) >= 11 is 0. The second-order valence-electron chi connectivity index (χ2n) is 8.64. The summed E-state index contributed by atoms with van der Waals surface area (Å²) in [4.78, 5) is 13.2. The number of nitrogens with one attached hydrogen (secondary N) is 1. The van der Waals surface area contributed by atoms with E-state index in [1.165, 1.54) is 4.90 Å². The summed E-state index contributed by atoms with van der Waals surface area (Å²) in [6, 6.07) is 8.09. The smallest absolute Gasteiger partial charge is 0.416 e. The molecule has 35 heavy (non-hydrogen) atoms. The molecule has 3 rings (SSSR count). The van der Waals surface area contributed by atoms with Gasteiger partial charge in [-0.25, -0.2) is 4.79 Å². The van der Waals surface area contributed by atoms with Gasteiger partial charge in [0.15, 0.2) is 0 Å². The summed E-state index contributed by atoms with van der Waals surface area (Å²) in [5.74, 6) is 0. The first-order valence-electron chi connectivity index (χ1n) is 11.1. The van der Waals surface area contributed by atoms with E-state index in [9.17, 15) is 41.4 Å². The Morgan fingerprint density at radius 1 is 1.03 bits per heavy atom. The lowest BCUT2D eigenvalue weighted by molar-refractivity contribution is -0.143. The second kappa shape index (κ2) is 10.4. The number of likely N-dealkylation sites (tertiary alicyclic amines) is 1. The van der Waals surface area contributed by atoms with Crippen molar-refractivity contribution in [1.82, 2.24) is 10.2 Å². The van der Waals surface area contributed by atoms with Crippen molar-refractivity contribution in [2.75, 3.05) is 0 Å². The zero-order valence-corrected chi connectivity index (χ0v) is 18.8. The number of rotatable bonds is 6. The molecular weight excluding hydrogens is 478 g/mol. The van der Waals surface area contributed by atoms with Crippen LogP contribution in [-0.2, 0) is 18.9 Å². The van der Waals surface area contributed by atoms with Crippen LogP contribution in [0.1, 0.15) is 54.5 Å². The van der Waals surface area contributed by atoms with Crippen LogP contribution < -0.4 is 5.32 Å². The molecule has 1 amide bonds. The minimum Gasteiger partial charge on any atom is -0.465 e. The fourth-order valence-electron chi connectivity index (χ4n) is 4.58. The number of hydrogen-bond donors (Lipinski definition) is 3. The Balaban J connectivity index is 1.85. The molecule has 0 aliphatic carbocycles. The lowest BCUT2D eigenvalue weighted by Crippen LogP contribution is -2.57. The summed E-state index contributed by atoms with van der Waals surface area (Å²) in [5, 5.41) is 23.7. The number of carbonyl (C=O) groups is 1. The SMILES string of the molecule is CCC1CC(NCc2cc(C(F)(F)F)cc(C(F)(F)F)c2)CC([C@H](O)c2ccccc2)N1C(=O)O. The quantitative estimate of drug-likeness (QED) is 0.433. The van der Waals surface area contributed by atoms with Crippen molar-refractivity contribution in [2.24, 2.45) is 0 Å². The molecule has 3 unspecified atom stereocenters. The molecule has 0 radical (unpaired) electrons. The van der Waals surface area contributed by atoms with Crippen molar-refractivity contribution < 1.29 is 41.4 Å². The highest BCUT2D eigenvalue weighted by molar-refractivity contribution is 5.66. The van der Waals surface area contributed by atoms with E-state index in [4.69, 9.17) is 0 Å². The maximum atomic E-state index is 13.2. The fourth-order valence-corrected chi connectivity index (χ4v) is 4.58. The maximum Gasteiger partial charge on any atom is 0.416 e. The number of amides is 1. The van der Waals surface area contributed by atoms with E-state index in [0.29, 0.717) is 30.5 Å². The number of alkyl halides is 6. The van der Waals surface area contributed by atoms with Gasteiger partial charge in [-0.2, -0.15) is 26.3 Å². The molecule has 1 aliphatic rings. The molecule has 2 aromatic rings. The lowest BCUT2D eigenvalue weighted by atomic mass is 9.85. The summed E-state index contributed by atoms with van der Waals surface area (Å²) < 4.78 is 79.0. The maximum absolute atomic E-state index is 13.2. The van der Waals surface area contributed by atoms with E-state index in [0.717, 1.165) is 0 Å². The van der Waals surface area contributed by atoms with Gasteiger partial charge < -0.3 is 15.5 Å². The highest BCUT2D eigenvalue weighted by Gasteiger charge is 2.42. The van der Waals surface area contributed by atoms with Gasteiger partial charge in [0.05, 0.1) is 23.3 Å². The number of aliphatic hydroxyl groups excluding tert-OH is 1. The van der Waals surface area contributed by atoms with Crippen molar-refractivity contribution in [3.05, 3.63) is 70.8 Å². The van der Waals surface area contributed by atoms with Gasteiger partial charge >= 0.3 is 18.4 Å². The van der Waals surface area contributed by atoms with Gasteiger partial charge in [0.1, 0.15) is 0 Å². The average molecular weight is 504 g/mol. The molecule has 1 aliphatic heterocycles. The van der Waals surface area contributed by atoms with Crippen molar-refractivity contribution in [3.8, 4) is 0 Å². The number of aliphatic hydroxyl groups is 1. The van der Waals surface area contributed by atoms with Gasteiger partial charge in [0.2, 0.25) is 0 Å². The molecule has 4 atom stereocenters. The van der Waals surface area contributed by atoms with Crippen LogP contribution in [0.2, 0.25) is 0 Å². The van der Waals surface area contributed by atoms with E-state index in [2.05, 4.69) is 5.32 Å². The topological polar surface area (TPSA) is 72.8 Å². The van der Waals surface area contributed by atoms with Crippen LogP contribution in [0.5, 0.6) is 0 Å². The van der Waals surface area contributed by atoms with Crippen molar-refractivity contribution in [3.63, 3.8) is 0 Å². The largest absolute Gasteiger partial charge is 0.465 e. The molecule has 2 aromatic carbocycles. The number of piperidine rings is 1. The zero-order chi connectivity index (χ0) is 26.0. The van der Waals surface area contributed by atoms with E-state index >= 15 is 0 Å². The monoisotopic (exact) mass is 504 g/mol. The number of benzene rings is 2. The van der Waals surface area contributed by atoms with Crippen molar-refractivity contribution in [2.45, 2.75) is 69.3 Å². The molecule has 5 nitrogen and oxygen atoms in total. The van der Waals surface area contributed by atoms with Gasteiger partial charge in [0.25, 0.3) is 0 Å². The Hall–Kier alpha value is -2.79. The summed E-state index contributed by atoms with van der Waals surface area (Å²) in [6.07, 6.45) is -11.4. The Morgan fingerprint density at radius 2 is 1.60 bits per heavy atom. The highest BCUT2D eigenvalue weighted by Crippen LogP contribution is 2.37. The molecule has 192 valence electrons. The van der Waals surface area contributed by atoms with Gasteiger partial charge in [0, 0.05) is 18.6 Å².